The Labute approximate surface area is 173 Å². The van der Waals surface area contributed by atoms with Crippen LogP contribution < -0.4 is 0 Å². The predicted octanol–water partition coefficient (Wildman–Crippen LogP) is 6.91. The van der Waals surface area contributed by atoms with Gasteiger partial charge in [0.2, 0.25) is 0 Å². The lowest BCUT2D eigenvalue weighted by atomic mass is 10.1. The molecule has 28 heavy (non-hydrogen) atoms. The number of rotatable bonds is 20. The van der Waals surface area contributed by atoms with Crippen molar-refractivity contribution in [1.82, 2.24) is 0 Å². The molecule has 0 aliphatic rings. The molecule has 4 nitrogen and oxygen atoms in total. The Bertz CT molecular complexity index is 390. The van der Waals surface area contributed by atoms with Crippen molar-refractivity contribution in [2.45, 2.75) is 117 Å². The van der Waals surface area contributed by atoms with Crippen molar-refractivity contribution in [3.8, 4) is 0 Å². The van der Waals surface area contributed by atoms with E-state index < -0.39 is 0 Å². The molecule has 0 rings (SSSR count). The topological polar surface area (TPSA) is 52.6 Å². The number of unbranched alkanes of at least 4 members (excludes halogenated alkanes) is 12. The van der Waals surface area contributed by atoms with Gasteiger partial charge in [0.15, 0.2) is 0 Å². The van der Waals surface area contributed by atoms with Gasteiger partial charge in [-0.3, -0.25) is 9.59 Å². The average molecular weight is 397 g/mol. The number of carbonyl (C=O) groups excluding carboxylic acids is 2. The van der Waals surface area contributed by atoms with E-state index in [0.717, 1.165) is 32.1 Å². The van der Waals surface area contributed by atoms with E-state index in [1.165, 1.54) is 57.8 Å². The molecule has 0 aliphatic heterocycles. The van der Waals surface area contributed by atoms with Gasteiger partial charge in [-0.15, -0.1) is 0 Å². The van der Waals surface area contributed by atoms with Gasteiger partial charge in [-0.1, -0.05) is 63.5 Å². The van der Waals surface area contributed by atoms with E-state index in [2.05, 4.69) is 12.2 Å². The molecule has 0 aromatic carbocycles. The molecule has 0 saturated heterocycles. The highest BCUT2D eigenvalue weighted by atomic mass is 16.5. The second-order valence-corrected chi connectivity index (χ2v) is 7.40. The summed E-state index contributed by atoms with van der Waals surface area (Å²) in [4.78, 5) is 22.4. The fraction of sp³-hybridized carbons (Fsp3) is 0.833. The summed E-state index contributed by atoms with van der Waals surface area (Å²) in [7, 11) is 0. The SMILES string of the molecule is CCOC(=O)CCCCCC/C=C/CCCCCCCCCCC(=O)OCC. The Morgan fingerprint density at radius 1 is 0.536 bits per heavy atom. The molecule has 0 N–H and O–H groups in total. The lowest BCUT2D eigenvalue weighted by Crippen LogP contribution is -2.03. The summed E-state index contributed by atoms with van der Waals surface area (Å²) >= 11 is 0. The molecule has 0 radical (unpaired) electrons. The zero-order chi connectivity index (χ0) is 20.7. The van der Waals surface area contributed by atoms with E-state index in [1.54, 1.807) is 0 Å². The van der Waals surface area contributed by atoms with Crippen LogP contribution in [0.2, 0.25) is 0 Å². The molecule has 0 aromatic heterocycles. The minimum absolute atomic E-state index is 0.0513. The molecule has 0 heterocycles. The monoisotopic (exact) mass is 396 g/mol. The lowest BCUT2D eigenvalue weighted by molar-refractivity contribution is -0.144. The molecule has 0 spiro atoms. The predicted molar refractivity (Wildman–Crippen MR) is 116 cm³/mol. The van der Waals surface area contributed by atoms with Crippen molar-refractivity contribution < 1.29 is 19.1 Å². The standard InChI is InChI=1S/C24H44O4/c1-3-27-23(25)21-19-17-15-13-11-9-7-5-6-8-10-12-14-16-18-20-22-24(26)28-4-2/h7,9H,3-6,8,10-22H2,1-2H3/b9-7+. The molecule has 0 aliphatic carbocycles. The van der Waals surface area contributed by atoms with Gasteiger partial charge in [-0.2, -0.15) is 0 Å². The van der Waals surface area contributed by atoms with Crippen LogP contribution in [0.5, 0.6) is 0 Å². The fourth-order valence-electron chi connectivity index (χ4n) is 3.18. The van der Waals surface area contributed by atoms with Gasteiger partial charge in [-0.05, 0) is 52.4 Å². The van der Waals surface area contributed by atoms with E-state index in [0.29, 0.717) is 26.1 Å². The Hall–Kier alpha value is -1.32. The van der Waals surface area contributed by atoms with Gasteiger partial charge in [0.05, 0.1) is 13.2 Å². The Morgan fingerprint density at radius 2 is 0.857 bits per heavy atom. The Balaban J connectivity index is 3.18. The van der Waals surface area contributed by atoms with Gasteiger partial charge >= 0.3 is 11.9 Å². The number of carbonyl (C=O) groups is 2. The zero-order valence-corrected chi connectivity index (χ0v) is 18.5. The zero-order valence-electron chi connectivity index (χ0n) is 18.5. The molecule has 0 bridgehead atoms. The first kappa shape index (κ1) is 26.7. The van der Waals surface area contributed by atoms with E-state index >= 15 is 0 Å². The van der Waals surface area contributed by atoms with Crippen LogP contribution in [0.25, 0.3) is 0 Å². The van der Waals surface area contributed by atoms with E-state index in [9.17, 15) is 9.59 Å². The molecular weight excluding hydrogens is 352 g/mol. The molecule has 0 amide bonds. The van der Waals surface area contributed by atoms with Crippen LogP contribution in [0, 0.1) is 0 Å². The van der Waals surface area contributed by atoms with Crippen LogP contribution in [0.1, 0.15) is 117 Å². The summed E-state index contributed by atoms with van der Waals surface area (Å²) in [6.07, 6.45) is 22.5. The first-order valence-corrected chi connectivity index (χ1v) is 11.7. The van der Waals surface area contributed by atoms with Crippen LogP contribution in [0.4, 0.5) is 0 Å². The van der Waals surface area contributed by atoms with Gasteiger partial charge < -0.3 is 9.47 Å². The van der Waals surface area contributed by atoms with Crippen LogP contribution in [-0.2, 0) is 19.1 Å². The maximum atomic E-state index is 11.2. The molecule has 164 valence electrons. The van der Waals surface area contributed by atoms with Crippen molar-refractivity contribution in [2.75, 3.05) is 13.2 Å². The van der Waals surface area contributed by atoms with Gasteiger partial charge in [-0.25, -0.2) is 0 Å². The molecular formula is C24H44O4. The van der Waals surface area contributed by atoms with Gasteiger partial charge in [0.1, 0.15) is 0 Å². The summed E-state index contributed by atoms with van der Waals surface area (Å²) in [5.74, 6) is -0.110. The van der Waals surface area contributed by atoms with Gasteiger partial charge in [0, 0.05) is 12.8 Å². The molecule has 0 atom stereocenters. The highest BCUT2D eigenvalue weighted by molar-refractivity contribution is 5.69. The normalized spacial score (nSPS) is 11.1. The first-order chi connectivity index (χ1) is 13.7. The highest BCUT2D eigenvalue weighted by Gasteiger charge is 2.01. The summed E-state index contributed by atoms with van der Waals surface area (Å²) in [6.45, 7) is 4.68. The molecule has 0 saturated carbocycles. The maximum Gasteiger partial charge on any atom is 0.305 e. The second kappa shape index (κ2) is 22.0. The third-order valence-corrected chi connectivity index (χ3v) is 4.78. The Morgan fingerprint density at radius 3 is 1.21 bits per heavy atom. The minimum atomic E-state index is -0.0589. The highest BCUT2D eigenvalue weighted by Crippen LogP contribution is 2.12. The van der Waals surface area contributed by atoms with E-state index in [4.69, 9.17) is 9.47 Å². The molecule has 0 unspecified atom stereocenters. The van der Waals surface area contributed by atoms with E-state index in [-0.39, 0.29) is 11.9 Å². The number of hydrogen-bond acceptors (Lipinski definition) is 4. The smallest absolute Gasteiger partial charge is 0.305 e. The molecule has 0 fully saturated rings. The quantitative estimate of drug-likeness (QED) is 0.127. The third-order valence-electron chi connectivity index (χ3n) is 4.78. The van der Waals surface area contributed by atoms with Crippen LogP contribution in [-0.4, -0.2) is 25.2 Å². The maximum absolute atomic E-state index is 11.2. The second-order valence-electron chi connectivity index (χ2n) is 7.40. The van der Waals surface area contributed by atoms with Gasteiger partial charge in [0.25, 0.3) is 0 Å². The third kappa shape index (κ3) is 21.0. The summed E-state index contributed by atoms with van der Waals surface area (Å²) < 4.78 is 9.85. The van der Waals surface area contributed by atoms with Crippen molar-refractivity contribution in [1.29, 1.82) is 0 Å². The molecule has 0 aromatic rings. The summed E-state index contributed by atoms with van der Waals surface area (Å²) in [5, 5.41) is 0. The number of allylic oxidation sites excluding steroid dienone is 2. The minimum Gasteiger partial charge on any atom is -0.466 e. The van der Waals surface area contributed by atoms with Crippen molar-refractivity contribution in [2.24, 2.45) is 0 Å². The van der Waals surface area contributed by atoms with Crippen LogP contribution in [0.15, 0.2) is 12.2 Å². The van der Waals surface area contributed by atoms with Crippen molar-refractivity contribution in [3.63, 3.8) is 0 Å². The molecule has 4 heteroatoms. The van der Waals surface area contributed by atoms with Crippen LogP contribution >= 0.6 is 0 Å². The lowest BCUT2D eigenvalue weighted by Gasteiger charge is -2.02. The summed E-state index contributed by atoms with van der Waals surface area (Å²) in [5.41, 5.74) is 0. The number of ether oxygens (including phenoxy) is 2. The van der Waals surface area contributed by atoms with Crippen molar-refractivity contribution >= 4 is 11.9 Å². The summed E-state index contributed by atoms with van der Waals surface area (Å²) in [6, 6.07) is 0. The van der Waals surface area contributed by atoms with Crippen molar-refractivity contribution in [3.05, 3.63) is 12.2 Å². The van der Waals surface area contributed by atoms with E-state index in [1.807, 2.05) is 13.8 Å². The average Bonchev–Trinajstić information content (AvgIpc) is 2.67. The first-order valence-electron chi connectivity index (χ1n) is 11.7. The Kier molecular flexibility index (Phi) is 20.9. The number of esters is 2. The van der Waals surface area contributed by atoms with Crippen LogP contribution in [0.3, 0.4) is 0 Å². The largest absolute Gasteiger partial charge is 0.466 e. The fourth-order valence-corrected chi connectivity index (χ4v) is 3.18. The number of hydrogen-bond donors (Lipinski definition) is 0.